The molecule has 0 aliphatic carbocycles. The molecule has 1 heterocycles. The fourth-order valence-electron chi connectivity index (χ4n) is 2.20. The molecule has 6 nitrogen and oxygen atoms in total. The second-order valence-corrected chi connectivity index (χ2v) is 5.30. The highest BCUT2D eigenvalue weighted by Crippen LogP contribution is 2.12. The van der Waals surface area contributed by atoms with Gasteiger partial charge in [0.1, 0.15) is 0 Å². The standard InChI is InChI=1S/C15H21N3O3/c1-10(19)7-8-16-14(20)4-2-3-11-5-6-12-13(9-11)18-15(21)17-12/h5-6,9-10,19H,2-4,7-8H2,1H3,(H,16,20)(H2,17,18,21). The van der Waals surface area contributed by atoms with Crippen LogP contribution in [0.5, 0.6) is 0 Å². The number of imidazole rings is 1. The molecule has 0 bridgehead atoms. The number of aryl methyl sites for hydroxylation is 1. The minimum Gasteiger partial charge on any atom is -0.393 e. The molecule has 0 aliphatic heterocycles. The van der Waals surface area contributed by atoms with Gasteiger partial charge in [0.05, 0.1) is 17.1 Å². The molecule has 6 heteroatoms. The molecule has 0 saturated carbocycles. The molecule has 0 fully saturated rings. The highest BCUT2D eigenvalue weighted by atomic mass is 16.3. The highest BCUT2D eigenvalue weighted by molar-refractivity contribution is 5.76. The van der Waals surface area contributed by atoms with Crippen molar-refractivity contribution in [3.63, 3.8) is 0 Å². The van der Waals surface area contributed by atoms with Crippen molar-refractivity contribution in [2.75, 3.05) is 6.54 Å². The van der Waals surface area contributed by atoms with E-state index in [1.165, 1.54) is 0 Å². The van der Waals surface area contributed by atoms with E-state index in [0.29, 0.717) is 19.4 Å². The maximum atomic E-state index is 11.6. The van der Waals surface area contributed by atoms with Crippen LogP contribution in [0, 0.1) is 0 Å². The van der Waals surface area contributed by atoms with Crippen molar-refractivity contribution in [2.24, 2.45) is 0 Å². The zero-order chi connectivity index (χ0) is 15.2. The highest BCUT2D eigenvalue weighted by Gasteiger charge is 2.04. The summed E-state index contributed by atoms with van der Waals surface area (Å²) in [7, 11) is 0. The van der Waals surface area contributed by atoms with Crippen LogP contribution in [0.2, 0.25) is 0 Å². The van der Waals surface area contributed by atoms with Crippen LogP contribution in [0.25, 0.3) is 11.0 Å². The summed E-state index contributed by atoms with van der Waals surface area (Å²) >= 11 is 0. The van der Waals surface area contributed by atoms with Gasteiger partial charge in [0.25, 0.3) is 0 Å². The number of carbonyl (C=O) groups is 1. The minimum absolute atomic E-state index is 0.00628. The lowest BCUT2D eigenvalue weighted by molar-refractivity contribution is -0.121. The first-order valence-electron chi connectivity index (χ1n) is 7.20. The Balaban J connectivity index is 1.76. The number of aromatic amines is 2. The van der Waals surface area contributed by atoms with E-state index in [2.05, 4.69) is 15.3 Å². The first-order chi connectivity index (χ1) is 10.0. The van der Waals surface area contributed by atoms with E-state index in [0.717, 1.165) is 29.4 Å². The molecule has 1 aromatic carbocycles. The predicted molar refractivity (Wildman–Crippen MR) is 81.2 cm³/mol. The molecule has 0 radical (unpaired) electrons. The van der Waals surface area contributed by atoms with Gasteiger partial charge in [-0.2, -0.15) is 0 Å². The lowest BCUT2D eigenvalue weighted by Gasteiger charge is -2.06. The first kappa shape index (κ1) is 15.3. The number of amides is 1. The molecular formula is C15H21N3O3. The Morgan fingerprint density at radius 1 is 1.33 bits per heavy atom. The molecule has 1 aromatic heterocycles. The molecule has 4 N–H and O–H groups in total. The number of aromatic nitrogens is 2. The first-order valence-corrected chi connectivity index (χ1v) is 7.20. The molecule has 0 aliphatic rings. The third-order valence-corrected chi connectivity index (χ3v) is 3.33. The molecule has 1 amide bonds. The summed E-state index contributed by atoms with van der Waals surface area (Å²) in [4.78, 5) is 28.2. The molecule has 0 saturated heterocycles. The summed E-state index contributed by atoms with van der Waals surface area (Å²) < 4.78 is 0. The zero-order valence-corrected chi connectivity index (χ0v) is 12.1. The summed E-state index contributed by atoms with van der Waals surface area (Å²) in [6, 6.07) is 5.75. The van der Waals surface area contributed by atoms with E-state index in [-0.39, 0.29) is 17.7 Å². The Bertz CT molecular complexity index is 657. The lowest BCUT2D eigenvalue weighted by Crippen LogP contribution is -2.26. The minimum atomic E-state index is -0.388. The van der Waals surface area contributed by atoms with Crippen LogP contribution in [-0.2, 0) is 11.2 Å². The zero-order valence-electron chi connectivity index (χ0n) is 12.1. The largest absolute Gasteiger partial charge is 0.393 e. The van der Waals surface area contributed by atoms with Crippen LogP contribution in [-0.4, -0.2) is 33.6 Å². The topological polar surface area (TPSA) is 98.0 Å². The molecule has 0 spiro atoms. The normalized spacial score (nSPS) is 12.5. The lowest BCUT2D eigenvalue weighted by atomic mass is 10.1. The van der Waals surface area contributed by atoms with E-state index in [1.807, 2.05) is 18.2 Å². The molecule has 21 heavy (non-hydrogen) atoms. The average Bonchev–Trinajstić information content (AvgIpc) is 2.77. The second kappa shape index (κ2) is 7.08. The molecule has 2 aromatic rings. The van der Waals surface area contributed by atoms with Crippen LogP contribution < -0.4 is 11.0 Å². The van der Waals surface area contributed by atoms with Crippen LogP contribution in [0.15, 0.2) is 23.0 Å². The van der Waals surface area contributed by atoms with E-state index in [9.17, 15) is 9.59 Å². The van der Waals surface area contributed by atoms with Crippen molar-refractivity contribution in [1.82, 2.24) is 15.3 Å². The number of carbonyl (C=O) groups excluding carboxylic acids is 1. The van der Waals surface area contributed by atoms with Crippen LogP contribution >= 0.6 is 0 Å². The Morgan fingerprint density at radius 3 is 2.86 bits per heavy atom. The number of hydrogen-bond acceptors (Lipinski definition) is 3. The van der Waals surface area contributed by atoms with Crippen molar-refractivity contribution in [3.8, 4) is 0 Å². The van der Waals surface area contributed by atoms with Crippen LogP contribution in [0.3, 0.4) is 0 Å². The Morgan fingerprint density at radius 2 is 2.10 bits per heavy atom. The maximum Gasteiger partial charge on any atom is 0.323 e. The summed E-state index contributed by atoms with van der Waals surface area (Å²) in [5, 5.41) is 11.9. The molecule has 114 valence electrons. The van der Waals surface area contributed by atoms with Gasteiger partial charge in [0.15, 0.2) is 0 Å². The smallest absolute Gasteiger partial charge is 0.323 e. The van der Waals surface area contributed by atoms with E-state index < -0.39 is 0 Å². The summed E-state index contributed by atoms with van der Waals surface area (Å²) in [5.41, 5.74) is 2.47. The molecule has 2 rings (SSSR count). The number of aliphatic hydroxyl groups excluding tert-OH is 1. The van der Waals surface area contributed by atoms with Crippen molar-refractivity contribution >= 4 is 16.9 Å². The van der Waals surface area contributed by atoms with Crippen LogP contribution in [0.4, 0.5) is 0 Å². The summed E-state index contributed by atoms with van der Waals surface area (Å²) in [6.07, 6.45) is 2.18. The van der Waals surface area contributed by atoms with E-state index >= 15 is 0 Å². The maximum absolute atomic E-state index is 11.6. The van der Waals surface area contributed by atoms with Crippen molar-refractivity contribution in [3.05, 3.63) is 34.2 Å². The number of benzene rings is 1. The second-order valence-electron chi connectivity index (χ2n) is 5.30. The number of hydrogen-bond donors (Lipinski definition) is 4. The van der Waals surface area contributed by atoms with Gasteiger partial charge in [-0.15, -0.1) is 0 Å². The van der Waals surface area contributed by atoms with Gasteiger partial charge >= 0.3 is 5.69 Å². The van der Waals surface area contributed by atoms with Gasteiger partial charge in [-0.1, -0.05) is 6.07 Å². The van der Waals surface area contributed by atoms with Gasteiger partial charge < -0.3 is 20.4 Å². The SMILES string of the molecule is CC(O)CCNC(=O)CCCc1ccc2[nH]c(=O)[nH]c2c1. The Hall–Kier alpha value is -2.08. The Labute approximate surface area is 122 Å². The number of fused-ring (bicyclic) bond motifs is 1. The number of nitrogens with one attached hydrogen (secondary N) is 3. The van der Waals surface area contributed by atoms with Crippen molar-refractivity contribution < 1.29 is 9.90 Å². The van der Waals surface area contributed by atoms with Crippen molar-refractivity contribution in [2.45, 2.75) is 38.7 Å². The fraction of sp³-hybridized carbons (Fsp3) is 0.467. The summed E-state index contributed by atoms with van der Waals surface area (Å²) in [6.45, 7) is 2.21. The van der Waals surface area contributed by atoms with Crippen LogP contribution in [0.1, 0.15) is 31.7 Å². The fourth-order valence-corrected chi connectivity index (χ4v) is 2.20. The van der Waals surface area contributed by atoms with E-state index in [4.69, 9.17) is 5.11 Å². The van der Waals surface area contributed by atoms with Gasteiger partial charge in [-0.25, -0.2) is 4.79 Å². The third kappa shape index (κ3) is 4.75. The predicted octanol–water partition coefficient (Wildman–Crippen LogP) is 1.07. The van der Waals surface area contributed by atoms with Gasteiger partial charge in [0, 0.05) is 13.0 Å². The Kier molecular flexibility index (Phi) is 5.16. The molecule has 1 unspecified atom stereocenters. The number of aliphatic hydroxyl groups is 1. The van der Waals surface area contributed by atoms with E-state index in [1.54, 1.807) is 6.92 Å². The van der Waals surface area contributed by atoms with Gasteiger partial charge in [0.2, 0.25) is 5.91 Å². The molecule has 1 atom stereocenters. The van der Waals surface area contributed by atoms with Gasteiger partial charge in [-0.05, 0) is 43.9 Å². The number of rotatable bonds is 7. The quantitative estimate of drug-likeness (QED) is 0.614. The average molecular weight is 291 g/mol. The number of H-pyrrole nitrogens is 2. The molecular weight excluding hydrogens is 270 g/mol. The van der Waals surface area contributed by atoms with Gasteiger partial charge in [-0.3, -0.25) is 4.79 Å². The van der Waals surface area contributed by atoms with Crippen molar-refractivity contribution in [1.29, 1.82) is 0 Å². The summed E-state index contributed by atoms with van der Waals surface area (Å²) in [5.74, 6) is 0.00628. The third-order valence-electron chi connectivity index (χ3n) is 3.33. The monoisotopic (exact) mass is 291 g/mol.